The number of fused-ring (bicyclic) bond motifs is 2. The summed E-state index contributed by atoms with van der Waals surface area (Å²) in [6, 6.07) is 0. The van der Waals surface area contributed by atoms with E-state index in [1.165, 1.54) is 5.57 Å². The van der Waals surface area contributed by atoms with Crippen LogP contribution in [0.25, 0.3) is 0 Å². The van der Waals surface area contributed by atoms with Crippen molar-refractivity contribution in [3.05, 3.63) is 12.2 Å². The fourth-order valence-electron chi connectivity index (χ4n) is 3.29. The summed E-state index contributed by atoms with van der Waals surface area (Å²) < 4.78 is 0. The van der Waals surface area contributed by atoms with Crippen molar-refractivity contribution in [2.24, 2.45) is 16.7 Å². The van der Waals surface area contributed by atoms with E-state index in [0.717, 1.165) is 12.8 Å². The molecule has 0 aliphatic heterocycles. The Bertz CT molecular complexity index is 235. The van der Waals surface area contributed by atoms with Gasteiger partial charge in [-0.1, -0.05) is 32.9 Å². The molecule has 2 fully saturated rings. The molecule has 0 spiro atoms. The van der Waals surface area contributed by atoms with Crippen molar-refractivity contribution in [3.63, 3.8) is 0 Å². The highest BCUT2D eigenvalue weighted by atomic mass is 16.3. The normalized spacial score (nSPS) is 50.2. The van der Waals surface area contributed by atoms with E-state index >= 15 is 0 Å². The molecule has 0 aromatic rings. The van der Waals surface area contributed by atoms with Crippen LogP contribution in [0, 0.1) is 16.7 Å². The highest BCUT2D eigenvalue weighted by Crippen LogP contribution is 2.64. The molecule has 68 valence electrons. The second kappa shape index (κ2) is 1.95. The third kappa shape index (κ3) is 0.731. The first-order chi connectivity index (χ1) is 5.38. The molecule has 3 atom stereocenters. The molecule has 2 aliphatic rings. The van der Waals surface area contributed by atoms with Gasteiger partial charge in [-0.15, -0.1) is 0 Å². The quantitative estimate of drug-likeness (QED) is 0.548. The molecular formula is C11H18O. The van der Waals surface area contributed by atoms with Gasteiger partial charge >= 0.3 is 0 Å². The van der Waals surface area contributed by atoms with Crippen molar-refractivity contribution >= 4 is 0 Å². The van der Waals surface area contributed by atoms with E-state index in [-0.39, 0.29) is 16.9 Å². The molecule has 0 radical (unpaired) electrons. The Balaban J connectivity index is 2.43. The summed E-state index contributed by atoms with van der Waals surface area (Å²) in [4.78, 5) is 0. The van der Waals surface area contributed by atoms with Gasteiger partial charge < -0.3 is 5.11 Å². The van der Waals surface area contributed by atoms with E-state index in [1.54, 1.807) is 0 Å². The fourth-order valence-corrected chi connectivity index (χ4v) is 3.29. The Morgan fingerprint density at radius 2 is 1.92 bits per heavy atom. The van der Waals surface area contributed by atoms with Crippen LogP contribution in [-0.2, 0) is 0 Å². The summed E-state index contributed by atoms with van der Waals surface area (Å²) in [7, 11) is 0. The summed E-state index contributed by atoms with van der Waals surface area (Å²) in [6.07, 6.45) is 1.98. The van der Waals surface area contributed by atoms with Gasteiger partial charge in [0.05, 0.1) is 6.10 Å². The minimum Gasteiger partial charge on any atom is -0.393 e. The summed E-state index contributed by atoms with van der Waals surface area (Å²) >= 11 is 0. The van der Waals surface area contributed by atoms with Gasteiger partial charge in [0.1, 0.15) is 0 Å². The average Bonchev–Trinajstić information content (AvgIpc) is 2.32. The third-order valence-corrected chi connectivity index (χ3v) is 4.23. The summed E-state index contributed by atoms with van der Waals surface area (Å²) in [5, 5.41) is 9.80. The van der Waals surface area contributed by atoms with Gasteiger partial charge in [0.15, 0.2) is 0 Å². The Labute approximate surface area is 74.5 Å². The number of hydrogen-bond donors (Lipinski definition) is 1. The first-order valence-corrected chi connectivity index (χ1v) is 4.76. The molecule has 0 amide bonds. The number of rotatable bonds is 0. The van der Waals surface area contributed by atoms with Crippen molar-refractivity contribution in [2.75, 3.05) is 0 Å². The minimum absolute atomic E-state index is 0.0875. The van der Waals surface area contributed by atoms with Crippen LogP contribution in [0.2, 0.25) is 0 Å². The lowest BCUT2D eigenvalue weighted by molar-refractivity contribution is 0.0612. The Morgan fingerprint density at radius 1 is 1.33 bits per heavy atom. The minimum atomic E-state index is -0.0875. The lowest BCUT2D eigenvalue weighted by atomic mass is 9.68. The molecule has 2 aliphatic carbocycles. The molecule has 2 bridgehead atoms. The maximum Gasteiger partial charge on any atom is 0.0585 e. The SMILES string of the molecule is C=C1C(C)(C)[C@@H]2C[C@@]1(C)C[C@@H]2O. The molecule has 2 saturated carbocycles. The molecule has 1 nitrogen and oxygen atoms in total. The van der Waals surface area contributed by atoms with Crippen molar-refractivity contribution in [3.8, 4) is 0 Å². The zero-order chi connectivity index (χ0) is 9.15. The van der Waals surface area contributed by atoms with Crippen LogP contribution in [0.5, 0.6) is 0 Å². The molecule has 0 saturated heterocycles. The highest BCUT2D eigenvalue weighted by Gasteiger charge is 2.58. The van der Waals surface area contributed by atoms with E-state index < -0.39 is 0 Å². The molecule has 0 aromatic heterocycles. The van der Waals surface area contributed by atoms with Crippen LogP contribution in [0.3, 0.4) is 0 Å². The smallest absolute Gasteiger partial charge is 0.0585 e. The largest absolute Gasteiger partial charge is 0.393 e. The summed E-state index contributed by atoms with van der Waals surface area (Å²) in [6.45, 7) is 10.9. The van der Waals surface area contributed by atoms with Crippen molar-refractivity contribution in [1.82, 2.24) is 0 Å². The van der Waals surface area contributed by atoms with Gasteiger partial charge in [0.2, 0.25) is 0 Å². The van der Waals surface area contributed by atoms with Crippen molar-refractivity contribution < 1.29 is 5.11 Å². The monoisotopic (exact) mass is 166 g/mol. The Kier molecular flexibility index (Phi) is 1.35. The third-order valence-electron chi connectivity index (χ3n) is 4.23. The van der Waals surface area contributed by atoms with Crippen LogP contribution in [-0.4, -0.2) is 11.2 Å². The number of allylic oxidation sites excluding steroid dienone is 1. The molecule has 1 N–H and O–H groups in total. The van der Waals surface area contributed by atoms with Gasteiger partial charge in [0, 0.05) is 0 Å². The second-order valence-electron chi connectivity index (χ2n) is 5.34. The molecule has 2 rings (SSSR count). The second-order valence-corrected chi connectivity index (χ2v) is 5.34. The molecular weight excluding hydrogens is 148 g/mol. The zero-order valence-electron chi connectivity index (χ0n) is 8.22. The van der Waals surface area contributed by atoms with Gasteiger partial charge in [-0.2, -0.15) is 0 Å². The lowest BCUT2D eigenvalue weighted by Gasteiger charge is -2.38. The maximum atomic E-state index is 9.80. The molecule has 0 aromatic carbocycles. The lowest BCUT2D eigenvalue weighted by Crippen LogP contribution is -2.34. The van der Waals surface area contributed by atoms with Crippen molar-refractivity contribution in [2.45, 2.75) is 39.7 Å². The topological polar surface area (TPSA) is 20.2 Å². The number of hydrogen-bond acceptors (Lipinski definition) is 1. The first kappa shape index (κ1) is 8.31. The fraction of sp³-hybridized carbons (Fsp3) is 0.818. The first-order valence-electron chi connectivity index (χ1n) is 4.76. The summed E-state index contributed by atoms with van der Waals surface area (Å²) in [5.41, 5.74) is 1.74. The van der Waals surface area contributed by atoms with E-state index in [9.17, 15) is 5.11 Å². The maximum absolute atomic E-state index is 9.80. The van der Waals surface area contributed by atoms with Crippen LogP contribution >= 0.6 is 0 Å². The molecule has 0 heterocycles. The summed E-state index contributed by atoms with van der Waals surface area (Å²) in [5.74, 6) is 0.454. The standard InChI is InChI=1S/C11H18O/c1-7-10(2,3)8-5-11(7,4)6-9(8)12/h8-9,12H,1,5-6H2,2-4H3/t8-,9+,11+/m1/s1. The predicted molar refractivity (Wildman–Crippen MR) is 49.8 cm³/mol. The van der Waals surface area contributed by atoms with Gasteiger partial charge in [0.25, 0.3) is 0 Å². The van der Waals surface area contributed by atoms with Crippen LogP contribution in [0.15, 0.2) is 12.2 Å². The van der Waals surface area contributed by atoms with E-state index in [1.807, 2.05) is 0 Å². The van der Waals surface area contributed by atoms with E-state index in [0.29, 0.717) is 5.92 Å². The molecule has 1 heteroatoms. The number of aliphatic hydroxyl groups is 1. The highest BCUT2D eigenvalue weighted by molar-refractivity contribution is 5.30. The van der Waals surface area contributed by atoms with E-state index in [2.05, 4.69) is 27.4 Å². The molecule has 0 unspecified atom stereocenters. The number of aliphatic hydroxyl groups excluding tert-OH is 1. The van der Waals surface area contributed by atoms with Gasteiger partial charge in [-0.05, 0) is 29.6 Å². The van der Waals surface area contributed by atoms with Gasteiger partial charge in [-0.3, -0.25) is 0 Å². The van der Waals surface area contributed by atoms with Gasteiger partial charge in [-0.25, -0.2) is 0 Å². The van der Waals surface area contributed by atoms with E-state index in [4.69, 9.17) is 0 Å². The van der Waals surface area contributed by atoms with Crippen molar-refractivity contribution in [1.29, 1.82) is 0 Å². The molecule has 12 heavy (non-hydrogen) atoms. The zero-order valence-corrected chi connectivity index (χ0v) is 8.22. The van der Waals surface area contributed by atoms with Crippen LogP contribution in [0.4, 0.5) is 0 Å². The Hall–Kier alpha value is -0.300. The predicted octanol–water partition coefficient (Wildman–Crippen LogP) is 2.36. The van der Waals surface area contributed by atoms with Crippen LogP contribution in [0.1, 0.15) is 33.6 Å². The Morgan fingerprint density at radius 3 is 2.25 bits per heavy atom. The van der Waals surface area contributed by atoms with Crippen LogP contribution < -0.4 is 0 Å². The average molecular weight is 166 g/mol.